The van der Waals surface area contributed by atoms with Crippen LogP contribution in [0.3, 0.4) is 0 Å². The van der Waals surface area contributed by atoms with E-state index in [1.54, 1.807) is 6.92 Å². The third-order valence-corrected chi connectivity index (χ3v) is 3.64. The van der Waals surface area contributed by atoms with Crippen molar-refractivity contribution in [2.75, 3.05) is 6.61 Å². The van der Waals surface area contributed by atoms with Crippen LogP contribution in [0.4, 0.5) is 0 Å². The van der Waals surface area contributed by atoms with Crippen molar-refractivity contribution in [1.29, 1.82) is 0 Å². The van der Waals surface area contributed by atoms with Crippen molar-refractivity contribution in [1.82, 2.24) is 5.32 Å². The number of rotatable bonds is 7. The third kappa shape index (κ3) is 5.59. The van der Waals surface area contributed by atoms with E-state index in [9.17, 15) is 14.4 Å². The summed E-state index contributed by atoms with van der Waals surface area (Å²) in [6, 6.07) is 0. The molecular weight excluding hydrogens is 262 g/mol. The number of nitrogens with one attached hydrogen (secondary N) is 1. The molecule has 0 atom stereocenters. The Morgan fingerprint density at radius 1 is 1.20 bits per heavy atom. The highest BCUT2D eigenvalue weighted by atomic mass is 16.5. The fourth-order valence-electron chi connectivity index (χ4n) is 2.70. The van der Waals surface area contributed by atoms with Crippen molar-refractivity contribution in [3.8, 4) is 0 Å². The Labute approximate surface area is 118 Å². The van der Waals surface area contributed by atoms with Crippen LogP contribution in [0.2, 0.25) is 0 Å². The Morgan fingerprint density at radius 2 is 1.85 bits per heavy atom. The first-order valence-electron chi connectivity index (χ1n) is 7.16. The number of hydrogen-bond acceptors (Lipinski definition) is 4. The average Bonchev–Trinajstić information content (AvgIpc) is 2.37. The highest BCUT2D eigenvalue weighted by Crippen LogP contribution is 2.32. The number of aliphatic carboxylic acids is 1. The molecule has 1 fully saturated rings. The molecule has 1 saturated carbocycles. The number of carbonyl (C=O) groups excluding carboxylic acids is 2. The molecule has 0 aromatic carbocycles. The first-order chi connectivity index (χ1) is 9.47. The van der Waals surface area contributed by atoms with E-state index in [4.69, 9.17) is 9.84 Å². The topological polar surface area (TPSA) is 92.7 Å². The number of carbonyl (C=O) groups is 3. The summed E-state index contributed by atoms with van der Waals surface area (Å²) in [7, 11) is 0. The molecule has 2 N–H and O–H groups in total. The van der Waals surface area contributed by atoms with E-state index >= 15 is 0 Å². The zero-order valence-electron chi connectivity index (χ0n) is 11.9. The lowest BCUT2D eigenvalue weighted by molar-refractivity contribution is -0.147. The summed E-state index contributed by atoms with van der Waals surface area (Å²) in [6.07, 6.45) is 4.73. The molecule has 0 radical (unpaired) electrons. The number of carboxylic acids is 1. The minimum absolute atomic E-state index is 0.0275. The molecule has 1 amide bonds. The maximum Gasteiger partial charge on any atom is 0.315 e. The van der Waals surface area contributed by atoms with Gasteiger partial charge in [-0.15, -0.1) is 0 Å². The van der Waals surface area contributed by atoms with E-state index in [-0.39, 0.29) is 25.4 Å². The first-order valence-corrected chi connectivity index (χ1v) is 7.16. The second-order valence-corrected chi connectivity index (χ2v) is 5.26. The van der Waals surface area contributed by atoms with E-state index in [2.05, 4.69) is 5.32 Å². The number of ether oxygens (including phenoxy) is 1. The largest absolute Gasteiger partial charge is 0.481 e. The maximum atomic E-state index is 11.9. The Morgan fingerprint density at radius 3 is 2.40 bits per heavy atom. The maximum absolute atomic E-state index is 11.9. The summed E-state index contributed by atoms with van der Waals surface area (Å²) >= 11 is 0. The second kappa shape index (κ2) is 7.87. The van der Waals surface area contributed by atoms with Gasteiger partial charge in [-0.25, -0.2) is 0 Å². The van der Waals surface area contributed by atoms with Crippen molar-refractivity contribution in [3.63, 3.8) is 0 Å². The van der Waals surface area contributed by atoms with Gasteiger partial charge in [0.1, 0.15) is 6.42 Å². The van der Waals surface area contributed by atoms with Crippen LogP contribution in [0.1, 0.15) is 58.3 Å². The van der Waals surface area contributed by atoms with Gasteiger partial charge in [-0.2, -0.15) is 0 Å². The van der Waals surface area contributed by atoms with Crippen LogP contribution < -0.4 is 5.32 Å². The molecule has 1 rings (SSSR count). The lowest BCUT2D eigenvalue weighted by Crippen LogP contribution is -2.50. The standard InChI is InChI=1S/C14H23NO5/c1-2-20-13(19)10-11(16)15-14(9-6-12(17)18)7-4-3-5-8-14/h2-10H2,1H3,(H,15,16)(H,17,18). The molecule has 0 unspecified atom stereocenters. The molecule has 6 heteroatoms. The van der Waals surface area contributed by atoms with Crippen molar-refractivity contribution in [2.45, 2.75) is 63.8 Å². The minimum Gasteiger partial charge on any atom is -0.481 e. The molecule has 0 spiro atoms. The number of carboxylic acid groups (broad SMARTS) is 1. The molecular formula is C14H23NO5. The van der Waals surface area contributed by atoms with Crippen LogP contribution in [0.15, 0.2) is 0 Å². The van der Waals surface area contributed by atoms with Gasteiger partial charge in [0.05, 0.1) is 6.61 Å². The molecule has 0 saturated heterocycles. The number of hydrogen-bond donors (Lipinski definition) is 2. The van der Waals surface area contributed by atoms with Gasteiger partial charge in [0.25, 0.3) is 0 Å². The molecule has 1 aliphatic carbocycles. The average molecular weight is 285 g/mol. The molecule has 20 heavy (non-hydrogen) atoms. The van der Waals surface area contributed by atoms with Crippen molar-refractivity contribution in [3.05, 3.63) is 0 Å². The van der Waals surface area contributed by atoms with Gasteiger partial charge in [-0.05, 0) is 26.2 Å². The predicted molar refractivity (Wildman–Crippen MR) is 72.1 cm³/mol. The highest BCUT2D eigenvalue weighted by molar-refractivity contribution is 5.94. The lowest BCUT2D eigenvalue weighted by atomic mass is 9.78. The summed E-state index contributed by atoms with van der Waals surface area (Å²) in [4.78, 5) is 33.9. The monoisotopic (exact) mass is 285 g/mol. The molecule has 0 heterocycles. The van der Waals surface area contributed by atoms with E-state index in [1.165, 1.54) is 0 Å². The third-order valence-electron chi connectivity index (χ3n) is 3.64. The quantitative estimate of drug-likeness (QED) is 0.548. The molecule has 0 bridgehead atoms. The molecule has 6 nitrogen and oxygen atoms in total. The normalized spacial score (nSPS) is 17.2. The van der Waals surface area contributed by atoms with Crippen molar-refractivity contribution in [2.24, 2.45) is 0 Å². The Balaban J connectivity index is 2.57. The zero-order valence-corrected chi connectivity index (χ0v) is 11.9. The fourth-order valence-corrected chi connectivity index (χ4v) is 2.70. The van der Waals surface area contributed by atoms with Crippen LogP contribution in [-0.4, -0.2) is 35.1 Å². The Bertz CT molecular complexity index is 361. The summed E-state index contributed by atoms with van der Waals surface area (Å²) in [6.45, 7) is 1.93. The Hall–Kier alpha value is -1.59. The molecule has 114 valence electrons. The van der Waals surface area contributed by atoms with Gasteiger partial charge in [0, 0.05) is 12.0 Å². The fraction of sp³-hybridized carbons (Fsp3) is 0.786. The van der Waals surface area contributed by atoms with E-state index in [0.717, 1.165) is 32.1 Å². The first kappa shape index (κ1) is 16.5. The second-order valence-electron chi connectivity index (χ2n) is 5.26. The Kier molecular flexibility index (Phi) is 6.48. The molecule has 0 aromatic rings. The van der Waals surface area contributed by atoms with Gasteiger partial charge in [-0.1, -0.05) is 19.3 Å². The van der Waals surface area contributed by atoms with Crippen LogP contribution in [-0.2, 0) is 19.1 Å². The predicted octanol–water partition coefficient (Wildman–Crippen LogP) is 1.62. The zero-order chi connectivity index (χ0) is 15.0. The molecule has 0 aromatic heterocycles. The van der Waals surface area contributed by atoms with Gasteiger partial charge in [-0.3, -0.25) is 14.4 Å². The summed E-state index contributed by atoms with van der Waals surface area (Å²) in [5.41, 5.74) is -0.472. The van der Waals surface area contributed by atoms with Gasteiger partial charge in [0.15, 0.2) is 0 Å². The smallest absolute Gasteiger partial charge is 0.315 e. The summed E-state index contributed by atoms with van der Waals surface area (Å²) in [5, 5.41) is 11.7. The van der Waals surface area contributed by atoms with Crippen LogP contribution in [0.25, 0.3) is 0 Å². The molecule has 1 aliphatic rings. The van der Waals surface area contributed by atoms with Crippen LogP contribution in [0.5, 0.6) is 0 Å². The van der Waals surface area contributed by atoms with E-state index in [1.807, 2.05) is 0 Å². The number of amides is 1. The summed E-state index contributed by atoms with van der Waals surface area (Å²) < 4.78 is 4.74. The minimum atomic E-state index is -0.866. The lowest BCUT2D eigenvalue weighted by Gasteiger charge is -2.38. The van der Waals surface area contributed by atoms with Gasteiger partial charge in [0.2, 0.25) is 5.91 Å². The highest BCUT2D eigenvalue weighted by Gasteiger charge is 2.34. The van der Waals surface area contributed by atoms with Crippen molar-refractivity contribution >= 4 is 17.8 Å². The number of esters is 1. The SMILES string of the molecule is CCOC(=O)CC(=O)NC1(CCC(=O)O)CCCCC1. The van der Waals surface area contributed by atoms with Gasteiger partial charge >= 0.3 is 11.9 Å². The molecule has 0 aliphatic heterocycles. The van der Waals surface area contributed by atoms with Crippen LogP contribution in [0, 0.1) is 0 Å². The van der Waals surface area contributed by atoms with Gasteiger partial charge < -0.3 is 15.2 Å². The van der Waals surface area contributed by atoms with Crippen molar-refractivity contribution < 1.29 is 24.2 Å². The van der Waals surface area contributed by atoms with E-state index in [0.29, 0.717) is 6.42 Å². The van der Waals surface area contributed by atoms with E-state index < -0.39 is 17.5 Å². The summed E-state index contributed by atoms with van der Waals surface area (Å²) in [5.74, 6) is -1.79. The van der Waals surface area contributed by atoms with Crippen LogP contribution >= 0.6 is 0 Å².